The van der Waals surface area contributed by atoms with E-state index >= 15 is 0 Å². The van der Waals surface area contributed by atoms with Gasteiger partial charge in [-0.05, 0) is 44.7 Å². The SMILES string of the molecule is CC(C)(C)c1ccc(Cl)c(B2OC(C)(C)C(C)(C)O2)c1. The second kappa shape index (κ2) is 4.76. The van der Waals surface area contributed by atoms with E-state index in [-0.39, 0.29) is 16.6 Å². The molecule has 2 rings (SSSR count). The molecule has 0 bridgehead atoms. The van der Waals surface area contributed by atoms with Gasteiger partial charge < -0.3 is 9.31 Å². The van der Waals surface area contributed by atoms with Crippen LogP contribution < -0.4 is 5.46 Å². The van der Waals surface area contributed by atoms with E-state index in [1.54, 1.807) is 0 Å². The van der Waals surface area contributed by atoms with Crippen molar-refractivity contribution in [1.82, 2.24) is 0 Å². The van der Waals surface area contributed by atoms with Gasteiger partial charge in [0.15, 0.2) is 0 Å². The molecule has 2 nitrogen and oxygen atoms in total. The summed E-state index contributed by atoms with van der Waals surface area (Å²) in [6.45, 7) is 14.8. The first kappa shape index (κ1) is 15.9. The molecular weight excluding hydrogens is 270 g/mol. The maximum absolute atomic E-state index is 6.35. The van der Waals surface area contributed by atoms with Crippen LogP contribution in [0.3, 0.4) is 0 Å². The van der Waals surface area contributed by atoms with Crippen LogP contribution in [0.1, 0.15) is 54.0 Å². The largest absolute Gasteiger partial charge is 0.496 e. The zero-order valence-corrected chi connectivity index (χ0v) is 14.3. The molecule has 4 heteroatoms. The molecule has 0 amide bonds. The quantitative estimate of drug-likeness (QED) is 0.731. The van der Waals surface area contributed by atoms with Crippen LogP contribution in [0.4, 0.5) is 0 Å². The zero-order valence-electron chi connectivity index (χ0n) is 13.5. The van der Waals surface area contributed by atoms with Gasteiger partial charge in [-0.25, -0.2) is 0 Å². The van der Waals surface area contributed by atoms with E-state index in [9.17, 15) is 0 Å². The van der Waals surface area contributed by atoms with Crippen LogP contribution in [-0.2, 0) is 14.7 Å². The van der Waals surface area contributed by atoms with E-state index in [4.69, 9.17) is 20.9 Å². The summed E-state index contributed by atoms with van der Waals surface area (Å²) in [5.41, 5.74) is 1.52. The van der Waals surface area contributed by atoms with Gasteiger partial charge in [0.05, 0.1) is 11.2 Å². The Balaban J connectivity index is 2.40. The highest BCUT2D eigenvalue weighted by Gasteiger charge is 2.52. The summed E-state index contributed by atoms with van der Waals surface area (Å²) in [6.07, 6.45) is 0. The van der Waals surface area contributed by atoms with Gasteiger partial charge in [-0.3, -0.25) is 0 Å². The molecule has 0 spiro atoms. The summed E-state index contributed by atoms with van der Waals surface area (Å²) < 4.78 is 12.2. The smallest absolute Gasteiger partial charge is 0.399 e. The topological polar surface area (TPSA) is 18.5 Å². The van der Waals surface area contributed by atoms with E-state index in [1.807, 2.05) is 6.07 Å². The molecule has 0 N–H and O–H groups in total. The molecular formula is C16H24BClO2. The van der Waals surface area contributed by atoms with Crippen molar-refractivity contribution in [2.45, 2.75) is 65.1 Å². The van der Waals surface area contributed by atoms with E-state index in [1.165, 1.54) is 5.56 Å². The van der Waals surface area contributed by atoms with Crippen LogP contribution in [-0.4, -0.2) is 18.3 Å². The third-order valence-electron chi connectivity index (χ3n) is 4.37. The maximum Gasteiger partial charge on any atom is 0.496 e. The minimum Gasteiger partial charge on any atom is -0.399 e. The first-order valence-electron chi connectivity index (χ1n) is 7.10. The molecule has 0 aromatic heterocycles. The molecule has 110 valence electrons. The van der Waals surface area contributed by atoms with Crippen molar-refractivity contribution in [3.63, 3.8) is 0 Å². The average molecular weight is 295 g/mol. The lowest BCUT2D eigenvalue weighted by molar-refractivity contribution is 0.00578. The summed E-state index contributed by atoms with van der Waals surface area (Å²) in [5, 5.41) is 0.691. The number of hydrogen-bond acceptors (Lipinski definition) is 2. The molecule has 1 heterocycles. The highest BCUT2D eigenvalue weighted by molar-refractivity contribution is 6.65. The number of hydrogen-bond donors (Lipinski definition) is 0. The second-order valence-electron chi connectivity index (χ2n) is 7.57. The molecule has 1 saturated heterocycles. The minimum absolute atomic E-state index is 0.0724. The monoisotopic (exact) mass is 294 g/mol. The molecule has 0 unspecified atom stereocenters. The van der Waals surface area contributed by atoms with Crippen molar-refractivity contribution in [2.24, 2.45) is 0 Å². The Labute approximate surface area is 127 Å². The maximum atomic E-state index is 6.35. The van der Waals surface area contributed by atoms with Gasteiger partial charge in [0.2, 0.25) is 0 Å². The van der Waals surface area contributed by atoms with Crippen molar-refractivity contribution in [3.8, 4) is 0 Å². The predicted molar refractivity (Wildman–Crippen MR) is 85.9 cm³/mol. The molecule has 0 saturated carbocycles. The Kier molecular flexibility index (Phi) is 3.78. The van der Waals surface area contributed by atoms with E-state index in [0.717, 1.165) is 5.46 Å². The van der Waals surface area contributed by atoms with E-state index < -0.39 is 7.12 Å². The molecule has 0 radical (unpaired) electrons. The third kappa shape index (κ3) is 2.76. The third-order valence-corrected chi connectivity index (χ3v) is 4.71. The molecule has 0 atom stereocenters. The van der Waals surface area contributed by atoms with Crippen LogP contribution in [0, 0.1) is 0 Å². The van der Waals surface area contributed by atoms with Gasteiger partial charge in [-0.2, -0.15) is 0 Å². The summed E-state index contributed by atoms with van der Waals surface area (Å²) in [5.74, 6) is 0. The second-order valence-corrected chi connectivity index (χ2v) is 7.98. The lowest BCUT2D eigenvalue weighted by Gasteiger charge is -2.32. The van der Waals surface area contributed by atoms with Crippen molar-refractivity contribution >= 4 is 24.2 Å². The Morgan fingerprint density at radius 3 is 1.95 bits per heavy atom. The molecule has 1 aliphatic rings. The molecule has 1 aliphatic heterocycles. The number of rotatable bonds is 1. The fraction of sp³-hybridized carbons (Fsp3) is 0.625. The van der Waals surface area contributed by atoms with Gasteiger partial charge >= 0.3 is 7.12 Å². The minimum atomic E-state index is -0.408. The van der Waals surface area contributed by atoms with Crippen LogP contribution >= 0.6 is 11.6 Å². The first-order chi connectivity index (χ1) is 8.94. The van der Waals surface area contributed by atoms with Crippen molar-refractivity contribution < 1.29 is 9.31 Å². The van der Waals surface area contributed by atoms with Crippen molar-refractivity contribution in [1.29, 1.82) is 0 Å². The normalized spacial score (nSPS) is 21.3. The summed E-state index contributed by atoms with van der Waals surface area (Å²) in [4.78, 5) is 0. The lowest BCUT2D eigenvalue weighted by atomic mass is 9.75. The fourth-order valence-electron chi connectivity index (χ4n) is 2.16. The number of benzene rings is 1. The van der Waals surface area contributed by atoms with Crippen molar-refractivity contribution in [3.05, 3.63) is 28.8 Å². The standard InChI is InChI=1S/C16H24BClO2/c1-14(2,3)11-8-9-13(18)12(10-11)17-19-15(4,5)16(6,7)20-17/h8-10H,1-7H3. The highest BCUT2D eigenvalue weighted by Crippen LogP contribution is 2.37. The van der Waals surface area contributed by atoms with Gasteiger partial charge in [0.1, 0.15) is 0 Å². The van der Waals surface area contributed by atoms with Gasteiger partial charge in [-0.1, -0.05) is 44.5 Å². The van der Waals surface area contributed by atoms with Crippen LogP contribution in [0.25, 0.3) is 0 Å². The van der Waals surface area contributed by atoms with E-state index in [0.29, 0.717) is 5.02 Å². The Morgan fingerprint density at radius 1 is 1.00 bits per heavy atom. The van der Waals surface area contributed by atoms with E-state index in [2.05, 4.69) is 60.6 Å². The summed E-state index contributed by atoms with van der Waals surface area (Å²) >= 11 is 6.35. The summed E-state index contributed by atoms with van der Waals surface area (Å²) in [6, 6.07) is 6.10. The van der Waals surface area contributed by atoms with Crippen LogP contribution in [0.2, 0.25) is 5.02 Å². The molecule has 1 aromatic rings. The van der Waals surface area contributed by atoms with Gasteiger partial charge in [-0.15, -0.1) is 0 Å². The van der Waals surface area contributed by atoms with Gasteiger partial charge in [0.25, 0.3) is 0 Å². The average Bonchev–Trinajstić information content (AvgIpc) is 2.46. The molecule has 0 aliphatic carbocycles. The molecule has 1 fully saturated rings. The summed E-state index contributed by atoms with van der Waals surface area (Å²) in [7, 11) is -0.408. The molecule has 20 heavy (non-hydrogen) atoms. The fourth-order valence-corrected chi connectivity index (χ4v) is 2.37. The Morgan fingerprint density at radius 2 is 1.50 bits per heavy atom. The Hall–Kier alpha value is -0.505. The van der Waals surface area contributed by atoms with Crippen LogP contribution in [0.15, 0.2) is 18.2 Å². The Bertz CT molecular complexity index is 502. The highest BCUT2D eigenvalue weighted by atomic mass is 35.5. The zero-order chi connectivity index (χ0) is 15.3. The molecule has 1 aromatic carbocycles. The predicted octanol–water partition coefficient (Wildman–Crippen LogP) is 3.94. The van der Waals surface area contributed by atoms with Crippen molar-refractivity contribution in [2.75, 3.05) is 0 Å². The first-order valence-corrected chi connectivity index (χ1v) is 7.47. The van der Waals surface area contributed by atoms with Crippen LogP contribution in [0.5, 0.6) is 0 Å². The van der Waals surface area contributed by atoms with Gasteiger partial charge in [0, 0.05) is 10.5 Å². The lowest BCUT2D eigenvalue weighted by Crippen LogP contribution is -2.41. The number of halogens is 1.